The lowest BCUT2D eigenvalue weighted by Crippen LogP contribution is -2.45. The van der Waals surface area contributed by atoms with Crippen molar-refractivity contribution in [3.8, 4) is 0 Å². The van der Waals surface area contributed by atoms with Crippen molar-refractivity contribution in [2.45, 2.75) is 104 Å². The van der Waals surface area contributed by atoms with E-state index in [2.05, 4.69) is 41.2 Å². The number of ether oxygens (including phenoxy) is 2. The molecule has 5 heterocycles. The standard InChI is InChI=1S/C34H48N8O6S2/c1-9-17(7)25-31-35-19(11-47-31)27(43)39-24(16(5)6)34-38-22(14-50-34)30(46)42-26(18(8)10-2)32-36-20(12-48-32)28(44)40-23(15(3)4)33-37-21(13-49-33)29(45)41-25/h13-20,23-26H,9-12H2,1-8H3,(H,39,43)(H,40,44)(H,41,45)(H,42,46)/t17?,18?,19-,20-,23+,24+,25-,26-/m0/s1. The Kier molecular flexibility index (Phi) is 11.9. The summed E-state index contributed by atoms with van der Waals surface area (Å²) in [5.41, 5.74) is 0.416. The van der Waals surface area contributed by atoms with Crippen molar-refractivity contribution in [2.75, 3.05) is 13.2 Å². The molecular formula is C34H48N8O6S2. The van der Waals surface area contributed by atoms with Gasteiger partial charge in [-0.25, -0.2) is 20.0 Å². The summed E-state index contributed by atoms with van der Waals surface area (Å²) in [4.78, 5) is 72.7. The molecule has 8 bridgehead atoms. The van der Waals surface area contributed by atoms with Gasteiger partial charge in [-0.1, -0.05) is 68.2 Å². The van der Waals surface area contributed by atoms with Gasteiger partial charge in [-0.05, 0) is 23.7 Å². The maximum Gasteiger partial charge on any atom is 0.271 e. The van der Waals surface area contributed by atoms with Gasteiger partial charge >= 0.3 is 0 Å². The molecule has 2 unspecified atom stereocenters. The summed E-state index contributed by atoms with van der Waals surface area (Å²) in [5.74, 6) is -1.12. The van der Waals surface area contributed by atoms with E-state index in [-0.39, 0.29) is 71.9 Å². The van der Waals surface area contributed by atoms with Crippen LogP contribution in [0.15, 0.2) is 20.7 Å². The van der Waals surface area contributed by atoms with E-state index in [1.54, 1.807) is 10.8 Å². The highest BCUT2D eigenvalue weighted by atomic mass is 32.1. The fourth-order valence-corrected chi connectivity index (χ4v) is 7.83. The van der Waals surface area contributed by atoms with Crippen molar-refractivity contribution in [1.82, 2.24) is 31.2 Å². The summed E-state index contributed by atoms with van der Waals surface area (Å²) in [6.45, 7) is 15.9. The molecule has 0 saturated carbocycles. The lowest BCUT2D eigenvalue weighted by atomic mass is 9.98. The number of nitrogens with zero attached hydrogens (tertiary/aromatic N) is 4. The molecule has 0 aliphatic carbocycles. The fourth-order valence-electron chi connectivity index (χ4n) is 5.79. The maximum atomic E-state index is 13.6. The lowest BCUT2D eigenvalue weighted by Gasteiger charge is -2.23. The first-order valence-corrected chi connectivity index (χ1v) is 19.1. The molecule has 50 heavy (non-hydrogen) atoms. The number of aromatic nitrogens is 2. The van der Waals surface area contributed by atoms with Crippen LogP contribution < -0.4 is 21.3 Å². The fraction of sp³-hybridized carbons (Fsp3) is 0.647. The molecule has 4 amide bonds. The number of nitrogens with one attached hydrogen (secondary N) is 4. The van der Waals surface area contributed by atoms with Crippen LogP contribution in [0.5, 0.6) is 0 Å². The molecule has 0 radical (unpaired) electrons. The van der Waals surface area contributed by atoms with Crippen molar-refractivity contribution in [1.29, 1.82) is 0 Å². The summed E-state index contributed by atoms with van der Waals surface area (Å²) in [7, 11) is 0. The van der Waals surface area contributed by atoms with Crippen molar-refractivity contribution < 1.29 is 28.7 Å². The van der Waals surface area contributed by atoms with E-state index in [0.29, 0.717) is 10.0 Å². The molecule has 16 heteroatoms. The minimum Gasteiger partial charge on any atom is -0.477 e. The van der Waals surface area contributed by atoms with Gasteiger partial charge in [0.25, 0.3) is 11.8 Å². The van der Waals surface area contributed by atoms with Crippen LogP contribution in [0, 0.1) is 23.7 Å². The monoisotopic (exact) mass is 728 g/mol. The van der Waals surface area contributed by atoms with Gasteiger partial charge in [-0.2, -0.15) is 0 Å². The Morgan fingerprint density at radius 3 is 1.36 bits per heavy atom. The zero-order chi connectivity index (χ0) is 36.3. The van der Waals surface area contributed by atoms with Crippen molar-refractivity contribution >= 4 is 58.1 Å². The molecule has 0 saturated heterocycles. The average molecular weight is 729 g/mol. The summed E-state index contributed by atoms with van der Waals surface area (Å²) >= 11 is 2.57. The molecule has 8 atom stereocenters. The highest BCUT2D eigenvalue weighted by Crippen LogP contribution is 2.28. The van der Waals surface area contributed by atoms with Gasteiger partial charge in [0, 0.05) is 10.8 Å². The first-order valence-electron chi connectivity index (χ1n) is 17.3. The third-order valence-corrected chi connectivity index (χ3v) is 11.3. The molecular weight excluding hydrogens is 681 g/mol. The Morgan fingerprint density at radius 1 is 0.640 bits per heavy atom. The Morgan fingerprint density at radius 2 is 1.02 bits per heavy atom. The van der Waals surface area contributed by atoms with E-state index in [1.807, 2.05) is 55.4 Å². The van der Waals surface area contributed by atoms with Crippen molar-refractivity contribution in [2.24, 2.45) is 33.7 Å². The molecule has 14 nitrogen and oxygen atoms in total. The van der Waals surface area contributed by atoms with E-state index < -0.39 is 48.1 Å². The molecule has 0 spiro atoms. The molecule has 272 valence electrons. The summed E-state index contributed by atoms with van der Waals surface area (Å²) in [6, 6.07) is -3.78. The SMILES string of the molecule is CCC(C)[C@@H]1NC(=O)c2csc(n2)[C@@H](C(C)C)NC(=O)[C@@H]2COC(=N2)[C@H](C(C)CC)NC(=O)c2csc(n2)[C@@H](C(C)C)NC(=O)[C@@H]2COC1=N2. The average Bonchev–Trinajstić information content (AvgIpc) is 3.92. The number of hydrogen-bond acceptors (Lipinski definition) is 12. The smallest absolute Gasteiger partial charge is 0.271 e. The van der Waals surface area contributed by atoms with Gasteiger partial charge in [0.2, 0.25) is 23.6 Å². The van der Waals surface area contributed by atoms with E-state index in [9.17, 15) is 19.2 Å². The van der Waals surface area contributed by atoms with Crippen LogP contribution >= 0.6 is 22.7 Å². The highest BCUT2D eigenvalue weighted by Gasteiger charge is 2.38. The first kappa shape index (κ1) is 37.3. The van der Waals surface area contributed by atoms with E-state index in [0.717, 1.165) is 12.8 Å². The van der Waals surface area contributed by atoms with E-state index in [4.69, 9.17) is 9.47 Å². The highest BCUT2D eigenvalue weighted by molar-refractivity contribution is 7.10. The maximum absolute atomic E-state index is 13.6. The topological polar surface area (TPSA) is 185 Å². The van der Waals surface area contributed by atoms with Crippen LogP contribution in [0.3, 0.4) is 0 Å². The quantitative estimate of drug-likeness (QED) is 0.346. The molecule has 4 N–H and O–H groups in total. The van der Waals surface area contributed by atoms with Crippen LogP contribution in [-0.4, -0.2) is 82.8 Å². The Labute approximate surface area is 300 Å². The van der Waals surface area contributed by atoms with Crippen molar-refractivity contribution in [3.63, 3.8) is 0 Å². The van der Waals surface area contributed by atoms with Crippen LogP contribution in [0.4, 0.5) is 0 Å². The van der Waals surface area contributed by atoms with Crippen LogP contribution in [0.1, 0.15) is 111 Å². The van der Waals surface area contributed by atoms with Gasteiger partial charge in [-0.15, -0.1) is 22.7 Å². The minimum absolute atomic E-state index is 0.0287. The van der Waals surface area contributed by atoms with Gasteiger partial charge in [0.05, 0.1) is 12.1 Å². The van der Waals surface area contributed by atoms with E-state index >= 15 is 0 Å². The zero-order valence-corrected chi connectivity index (χ0v) is 31.4. The zero-order valence-electron chi connectivity index (χ0n) is 29.8. The molecule has 0 aromatic carbocycles. The van der Waals surface area contributed by atoms with Crippen LogP contribution in [-0.2, 0) is 19.1 Å². The number of hydrogen-bond donors (Lipinski definition) is 4. The predicted molar refractivity (Wildman–Crippen MR) is 191 cm³/mol. The molecule has 0 fully saturated rings. The van der Waals surface area contributed by atoms with Crippen LogP contribution in [0.25, 0.3) is 0 Å². The second-order valence-electron chi connectivity index (χ2n) is 13.9. The number of rotatable bonds is 6. The van der Waals surface area contributed by atoms with Gasteiger partial charge < -0.3 is 30.7 Å². The molecule has 3 aliphatic heterocycles. The summed E-state index contributed by atoms with van der Waals surface area (Å²) in [5, 5.41) is 16.7. The predicted octanol–water partition coefficient (Wildman–Crippen LogP) is 3.82. The van der Waals surface area contributed by atoms with Crippen molar-refractivity contribution in [3.05, 3.63) is 32.2 Å². The minimum atomic E-state index is -0.823. The summed E-state index contributed by atoms with van der Waals surface area (Å²) < 4.78 is 11.9. The number of carbonyl (C=O) groups is 4. The number of aliphatic imine (C=N–C) groups is 2. The largest absolute Gasteiger partial charge is 0.477 e. The molecule has 5 rings (SSSR count). The van der Waals surface area contributed by atoms with Gasteiger partial charge in [0.15, 0.2) is 12.1 Å². The molecule has 2 aromatic rings. The second-order valence-corrected chi connectivity index (χ2v) is 15.6. The lowest BCUT2D eigenvalue weighted by molar-refractivity contribution is -0.124. The molecule has 2 aromatic heterocycles. The second kappa shape index (κ2) is 16.0. The van der Waals surface area contributed by atoms with Gasteiger partial charge in [-0.3, -0.25) is 19.2 Å². The van der Waals surface area contributed by atoms with Crippen LogP contribution in [0.2, 0.25) is 0 Å². The number of fused-ring (bicyclic) bond motifs is 6. The number of thiazole rings is 2. The first-order chi connectivity index (χ1) is 23.8. The number of amides is 4. The molecule has 3 aliphatic rings. The Hall–Kier alpha value is -3.92. The Balaban J connectivity index is 1.51. The third-order valence-electron chi connectivity index (χ3n) is 9.45. The Bertz CT molecular complexity index is 1520. The normalized spacial score (nSPS) is 27.6. The van der Waals surface area contributed by atoms with Gasteiger partial charge in [0.1, 0.15) is 46.7 Å². The number of carbonyl (C=O) groups excluding carboxylic acids is 4. The third kappa shape index (κ3) is 8.17. The van der Waals surface area contributed by atoms with E-state index in [1.165, 1.54) is 22.7 Å². The summed E-state index contributed by atoms with van der Waals surface area (Å²) in [6.07, 6.45) is 1.44.